The molecule has 0 saturated heterocycles. The van der Waals surface area contributed by atoms with Gasteiger partial charge in [-0.1, -0.05) is 30.3 Å². The minimum atomic E-state index is -4.44. The van der Waals surface area contributed by atoms with Crippen LogP contribution in [0, 0.1) is 0 Å². The van der Waals surface area contributed by atoms with E-state index in [1.807, 2.05) is 0 Å². The number of para-hydroxylation sites is 1. The Morgan fingerprint density at radius 2 is 1.69 bits per heavy atom. The van der Waals surface area contributed by atoms with Gasteiger partial charge in [-0.2, -0.15) is 13.2 Å². The molecule has 29 heavy (non-hydrogen) atoms. The highest BCUT2D eigenvalue weighted by molar-refractivity contribution is 7.89. The molecule has 2 aromatic carbocycles. The number of furan rings is 1. The molecule has 3 aromatic rings. The lowest BCUT2D eigenvalue weighted by atomic mass is 10.1. The standard InChI is InChI=1S/C20H18F3NO4S/c1-24(11-13-7-9-14(10-8-13)20(21,22)23)19(25)18-16(12-29(2,26)27)15-5-3-4-6-17(15)28-18/h3-10H,11-12H2,1-2H3. The molecule has 0 saturated carbocycles. The van der Waals surface area contributed by atoms with E-state index in [1.165, 1.54) is 24.1 Å². The van der Waals surface area contributed by atoms with Gasteiger partial charge in [0.2, 0.25) is 0 Å². The van der Waals surface area contributed by atoms with Crippen molar-refractivity contribution in [2.24, 2.45) is 0 Å². The Morgan fingerprint density at radius 3 is 2.28 bits per heavy atom. The Kier molecular flexibility index (Phi) is 5.44. The minimum Gasteiger partial charge on any atom is -0.451 e. The number of hydrogen-bond donors (Lipinski definition) is 0. The van der Waals surface area contributed by atoms with Crippen molar-refractivity contribution in [2.45, 2.75) is 18.5 Å². The number of hydrogen-bond acceptors (Lipinski definition) is 4. The van der Waals surface area contributed by atoms with Crippen LogP contribution in [0.5, 0.6) is 0 Å². The molecule has 1 amide bonds. The van der Waals surface area contributed by atoms with Crippen LogP contribution in [0.3, 0.4) is 0 Å². The maximum Gasteiger partial charge on any atom is 0.416 e. The fraction of sp³-hybridized carbons (Fsp3) is 0.250. The van der Waals surface area contributed by atoms with E-state index in [2.05, 4.69) is 0 Å². The predicted octanol–water partition coefficient (Wildman–Crippen LogP) is 4.27. The molecule has 3 rings (SSSR count). The van der Waals surface area contributed by atoms with Crippen molar-refractivity contribution >= 4 is 26.7 Å². The molecule has 0 aliphatic carbocycles. The SMILES string of the molecule is CN(Cc1ccc(C(F)(F)F)cc1)C(=O)c1oc2ccccc2c1CS(C)(=O)=O. The molecule has 0 atom stereocenters. The van der Waals surface area contributed by atoms with E-state index in [-0.39, 0.29) is 23.6 Å². The highest BCUT2D eigenvalue weighted by Gasteiger charge is 2.30. The molecule has 0 spiro atoms. The summed E-state index contributed by atoms with van der Waals surface area (Å²) < 4.78 is 67.4. The van der Waals surface area contributed by atoms with Gasteiger partial charge in [0.25, 0.3) is 5.91 Å². The summed E-state index contributed by atoms with van der Waals surface area (Å²) in [4.78, 5) is 14.2. The van der Waals surface area contributed by atoms with Crippen molar-refractivity contribution in [1.29, 1.82) is 0 Å². The third kappa shape index (κ3) is 4.79. The topological polar surface area (TPSA) is 67.6 Å². The Balaban J connectivity index is 1.89. The van der Waals surface area contributed by atoms with Crippen LogP contribution in [0.1, 0.15) is 27.2 Å². The summed E-state index contributed by atoms with van der Waals surface area (Å²) in [5, 5.41) is 0.532. The van der Waals surface area contributed by atoms with Crippen molar-refractivity contribution in [3.05, 3.63) is 71.0 Å². The number of alkyl halides is 3. The van der Waals surface area contributed by atoms with Crippen LogP contribution >= 0.6 is 0 Å². The third-order valence-corrected chi connectivity index (χ3v) is 5.16. The van der Waals surface area contributed by atoms with Gasteiger partial charge in [0.1, 0.15) is 5.58 Å². The maximum atomic E-state index is 12.9. The van der Waals surface area contributed by atoms with Crippen LogP contribution in [-0.2, 0) is 28.3 Å². The number of fused-ring (bicyclic) bond motifs is 1. The zero-order valence-electron chi connectivity index (χ0n) is 15.7. The Bertz CT molecular complexity index is 1150. The lowest BCUT2D eigenvalue weighted by Crippen LogP contribution is -2.27. The molecule has 5 nitrogen and oxygen atoms in total. The molecule has 0 bridgehead atoms. The van der Waals surface area contributed by atoms with Crippen LogP contribution < -0.4 is 0 Å². The van der Waals surface area contributed by atoms with Crippen LogP contribution in [0.4, 0.5) is 13.2 Å². The number of carbonyl (C=O) groups excluding carboxylic acids is 1. The minimum absolute atomic E-state index is 0.0341. The van der Waals surface area contributed by atoms with Crippen LogP contribution in [0.15, 0.2) is 52.9 Å². The fourth-order valence-electron chi connectivity index (χ4n) is 3.00. The quantitative estimate of drug-likeness (QED) is 0.612. The third-order valence-electron chi connectivity index (χ3n) is 4.35. The Hall–Kier alpha value is -2.81. The first-order valence-corrected chi connectivity index (χ1v) is 10.6. The molecule has 0 radical (unpaired) electrons. The molecule has 0 aliphatic heterocycles. The average Bonchev–Trinajstić information content (AvgIpc) is 2.97. The van der Waals surface area contributed by atoms with E-state index in [0.29, 0.717) is 16.5 Å². The average molecular weight is 425 g/mol. The zero-order chi connectivity index (χ0) is 21.4. The van der Waals surface area contributed by atoms with Gasteiger partial charge in [0.05, 0.1) is 11.3 Å². The smallest absolute Gasteiger partial charge is 0.416 e. The summed E-state index contributed by atoms with van der Waals surface area (Å²) in [6, 6.07) is 11.2. The van der Waals surface area contributed by atoms with Gasteiger partial charge in [-0.25, -0.2) is 8.42 Å². The van der Waals surface area contributed by atoms with Crippen molar-refractivity contribution in [2.75, 3.05) is 13.3 Å². The van der Waals surface area contributed by atoms with Crippen molar-refractivity contribution < 1.29 is 30.8 Å². The van der Waals surface area contributed by atoms with Gasteiger partial charge in [-0.3, -0.25) is 4.79 Å². The number of benzene rings is 2. The van der Waals surface area contributed by atoms with Crippen molar-refractivity contribution in [3.8, 4) is 0 Å². The van der Waals surface area contributed by atoms with Gasteiger partial charge in [0.15, 0.2) is 15.6 Å². The molecule has 0 aliphatic rings. The second-order valence-corrected chi connectivity index (χ2v) is 8.97. The number of sulfone groups is 1. The first-order chi connectivity index (χ1) is 13.5. The van der Waals surface area contributed by atoms with Gasteiger partial charge < -0.3 is 9.32 Å². The number of rotatable bonds is 5. The summed E-state index contributed by atoms with van der Waals surface area (Å²) in [5.41, 5.74) is 0.377. The van der Waals surface area contributed by atoms with Gasteiger partial charge in [0, 0.05) is 30.8 Å². The van der Waals surface area contributed by atoms with E-state index in [4.69, 9.17) is 4.42 Å². The highest BCUT2D eigenvalue weighted by Crippen LogP contribution is 2.30. The summed E-state index contributed by atoms with van der Waals surface area (Å²) in [6.45, 7) is 0.0341. The van der Waals surface area contributed by atoms with Gasteiger partial charge in [-0.15, -0.1) is 0 Å². The number of halogens is 3. The molecular formula is C20H18F3NO4S. The molecule has 0 N–H and O–H groups in total. The second kappa shape index (κ2) is 7.55. The summed E-state index contributed by atoms with van der Waals surface area (Å²) in [5.74, 6) is -1.01. The molecule has 154 valence electrons. The summed E-state index contributed by atoms with van der Waals surface area (Å²) in [6.07, 6.45) is -3.37. The Morgan fingerprint density at radius 1 is 1.07 bits per heavy atom. The number of amides is 1. The van der Waals surface area contributed by atoms with Crippen molar-refractivity contribution in [3.63, 3.8) is 0 Å². The summed E-state index contributed by atoms with van der Waals surface area (Å²) in [7, 11) is -1.97. The molecular weight excluding hydrogens is 407 g/mol. The van der Waals surface area contributed by atoms with Gasteiger partial charge >= 0.3 is 6.18 Å². The first kappa shape index (κ1) is 20.9. The summed E-state index contributed by atoms with van der Waals surface area (Å²) >= 11 is 0. The van der Waals surface area contributed by atoms with E-state index in [9.17, 15) is 26.4 Å². The van der Waals surface area contributed by atoms with Gasteiger partial charge in [-0.05, 0) is 23.8 Å². The van der Waals surface area contributed by atoms with E-state index in [0.717, 1.165) is 18.4 Å². The molecule has 9 heteroatoms. The molecule has 1 heterocycles. The second-order valence-electron chi connectivity index (χ2n) is 6.83. The van der Waals surface area contributed by atoms with Crippen LogP contribution in [0.25, 0.3) is 11.0 Å². The molecule has 1 aromatic heterocycles. The van der Waals surface area contributed by atoms with Crippen molar-refractivity contribution in [1.82, 2.24) is 4.90 Å². The molecule has 0 unspecified atom stereocenters. The molecule has 0 fully saturated rings. The maximum absolute atomic E-state index is 12.9. The number of carbonyl (C=O) groups is 1. The van der Waals surface area contributed by atoms with Crippen LogP contribution in [-0.4, -0.2) is 32.5 Å². The first-order valence-electron chi connectivity index (χ1n) is 8.55. The largest absolute Gasteiger partial charge is 0.451 e. The van der Waals surface area contributed by atoms with E-state index < -0.39 is 27.5 Å². The normalized spacial score (nSPS) is 12.3. The van der Waals surface area contributed by atoms with E-state index in [1.54, 1.807) is 24.3 Å². The monoisotopic (exact) mass is 425 g/mol. The highest BCUT2D eigenvalue weighted by atomic mass is 32.2. The lowest BCUT2D eigenvalue weighted by molar-refractivity contribution is -0.137. The van der Waals surface area contributed by atoms with E-state index >= 15 is 0 Å². The Labute approximate surface area is 165 Å². The predicted molar refractivity (Wildman–Crippen MR) is 102 cm³/mol. The fourth-order valence-corrected chi connectivity index (χ4v) is 3.81. The number of nitrogens with zero attached hydrogens (tertiary/aromatic N) is 1. The lowest BCUT2D eigenvalue weighted by Gasteiger charge is -2.17. The zero-order valence-corrected chi connectivity index (χ0v) is 16.5. The van der Waals surface area contributed by atoms with Crippen LogP contribution in [0.2, 0.25) is 0 Å².